The van der Waals surface area contributed by atoms with Crippen molar-refractivity contribution in [2.75, 3.05) is 27.2 Å². The average Bonchev–Trinajstić information content (AvgIpc) is 2.37. The minimum absolute atomic E-state index is 0.0894. The van der Waals surface area contributed by atoms with Crippen molar-refractivity contribution in [1.29, 1.82) is 5.26 Å². The fourth-order valence-electron chi connectivity index (χ4n) is 1.57. The highest BCUT2D eigenvalue weighted by Crippen LogP contribution is 2.35. The summed E-state index contributed by atoms with van der Waals surface area (Å²) < 4.78 is 5.50. The molecule has 0 aliphatic heterocycles. The quantitative estimate of drug-likeness (QED) is 0.614. The van der Waals surface area contributed by atoms with E-state index in [1.165, 1.54) is 0 Å². The number of hydrogen-bond acceptors (Lipinski definition) is 4. The summed E-state index contributed by atoms with van der Waals surface area (Å²) in [7, 11) is 3.85. The molecule has 1 aromatic rings. The van der Waals surface area contributed by atoms with E-state index < -0.39 is 0 Å². The van der Waals surface area contributed by atoms with Crippen LogP contribution in [0.4, 0.5) is 5.69 Å². The molecule has 100 valence electrons. The second-order valence-electron chi connectivity index (χ2n) is 4.14. The van der Waals surface area contributed by atoms with Gasteiger partial charge in [-0.15, -0.1) is 0 Å². The summed E-state index contributed by atoms with van der Waals surface area (Å²) in [4.78, 5) is 9.40. The molecule has 0 amide bonds. The Morgan fingerprint density at radius 3 is 2.68 bits per heavy atom. The van der Waals surface area contributed by atoms with E-state index >= 15 is 0 Å². The van der Waals surface area contributed by atoms with Gasteiger partial charge in [-0.25, -0.2) is 9.83 Å². The largest absolute Gasteiger partial charge is 0.485 e. The molecule has 0 unspecified atom stereocenters. The first-order chi connectivity index (χ1) is 9.04. The standard InChI is InChI=1S/C13H15ClN4O/c1-5-9-10(8-15)12(14)17-13(11(9)16-2)19-7-6-18(3)4/h5-7H2,1,3-4H3. The molecule has 0 aliphatic carbocycles. The molecule has 0 bridgehead atoms. The van der Waals surface area contributed by atoms with Crippen LogP contribution >= 0.6 is 11.6 Å². The van der Waals surface area contributed by atoms with Crippen molar-refractivity contribution in [3.8, 4) is 11.9 Å². The van der Waals surface area contributed by atoms with E-state index in [4.69, 9.17) is 28.2 Å². The van der Waals surface area contributed by atoms with Gasteiger partial charge in [0.05, 0.1) is 12.1 Å². The molecule has 0 aromatic carbocycles. The van der Waals surface area contributed by atoms with Crippen LogP contribution < -0.4 is 4.74 Å². The van der Waals surface area contributed by atoms with Crippen molar-refractivity contribution in [3.63, 3.8) is 0 Å². The Labute approximate surface area is 118 Å². The monoisotopic (exact) mass is 278 g/mol. The van der Waals surface area contributed by atoms with Gasteiger partial charge >= 0.3 is 0 Å². The van der Waals surface area contributed by atoms with E-state index in [0.717, 1.165) is 0 Å². The maximum atomic E-state index is 9.07. The molecule has 19 heavy (non-hydrogen) atoms. The smallest absolute Gasteiger partial charge is 0.251 e. The summed E-state index contributed by atoms with van der Waals surface area (Å²) in [6, 6.07) is 1.99. The Kier molecular flexibility index (Phi) is 5.57. The van der Waals surface area contributed by atoms with E-state index in [2.05, 4.69) is 9.83 Å². The maximum absolute atomic E-state index is 9.07. The molecule has 6 heteroatoms. The van der Waals surface area contributed by atoms with Crippen molar-refractivity contribution < 1.29 is 4.74 Å². The van der Waals surface area contributed by atoms with Crippen molar-refractivity contribution in [2.45, 2.75) is 13.3 Å². The number of aromatic nitrogens is 1. The lowest BCUT2D eigenvalue weighted by Crippen LogP contribution is -2.19. The van der Waals surface area contributed by atoms with Gasteiger partial charge in [0.2, 0.25) is 5.88 Å². The highest BCUT2D eigenvalue weighted by atomic mass is 35.5. The predicted molar refractivity (Wildman–Crippen MR) is 73.7 cm³/mol. The molecule has 1 rings (SSSR count). The van der Waals surface area contributed by atoms with E-state index in [1.54, 1.807) is 0 Å². The molecule has 0 N–H and O–H groups in total. The molecule has 0 saturated carbocycles. The number of ether oxygens (including phenoxy) is 1. The molecule has 0 saturated heterocycles. The minimum Gasteiger partial charge on any atom is -0.485 e. The number of rotatable bonds is 5. The van der Waals surface area contributed by atoms with E-state index in [1.807, 2.05) is 32.0 Å². The van der Waals surface area contributed by atoms with Gasteiger partial charge in [-0.2, -0.15) is 5.26 Å². The summed E-state index contributed by atoms with van der Waals surface area (Å²) in [6.45, 7) is 10.2. The highest BCUT2D eigenvalue weighted by Gasteiger charge is 2.19. The van der Waals surface area contributed by atoms with Gasteiger partial charge in [0.15, 0.2) is 0 Å². The Balaban J connectivity index is 3.16. The Bertz CT molecular complexity index is 543. The Morgan fingerprint density at radius 2 is 2.21 bits per heavy atom. The van der Waals surface area contributed by atoms with E-state index in [9.17, 15) is 0 Å². The lowest BCUT2D eigenvalue weighted by Gasteiger charge is -2.14. The first-order valence-electron chi connectivity index (χ1n) is 5.82. The SMILES string of the molecule is [C-]#[N+]c1c(OCCN(C)C)nc(Cl)c(C#N)c1CC. The fourth-order valence-corrected chi connectivity index (χ4v) is 1.80. The lowest BCUT2D eigenvalue weighted by molar-refractivity contribution is 0.255. The first kappa shape index (κ1) is 15.2. The van der Waals surface area contributed by atoms with Crippen LogP contribution in [0, 0.1) is 17.9 Å². The number of pyridine rings is 1. The van der Waals surface area contributed by atoms with Crippen molar-refractivity contribution >= 4 is 17.3 Å². The van der Waals surface area contributed by atoms with Gasteiger partial charge in [0.1, 0.15) is 17.8 Å². The molecule has 1 aromatic heterocycles. The van der Waals surface area contributed by atoms with Gasteiger partial charge in [-0.1, -0.05) is 18.5 Å². The highest BCUT2D eigenvalue weighted by molar-refractivity contribution is 6.30. The number of likely N-dealkylation sites (N-methyl/N-ethyl adjacent to an activating group) is 1. The Morgan fingerprint density at radius 1 is 1.53 bits per heavy atom. The summed E-state index contributed by atoms with van der Waals surface area (Å²) in [5, 5.41) is 9.15. The van der Waals surface area contributed by atoms with Crippen LogP contribution in [0.25, 0.3) is 4.85 Å². The summed E-state index contributed by atoms with van der Waals surface area (Å²) in [5.41, 5.74) is 1.13. The third-order valence-electron chi connectivity index (χ3n) is 2.55. The van der Waals surface area contributed by atoms with Crippen molar-refractivity contribution in [1.82, 2.24) is 9.88 Å². The first-order valence-corrected chi connectivity index (χ1v) is 6.20. The topological polar surface area (TPSA) is 53.5 Å². The van der Waals surface area contributed by atoms with Crippen molar-refractivity contribution in [3.05, 3.63) is 27.7 Å². The zero-order chi connectivity index (χ0) is 14.4. The fraction of sp³-hybridized carbons (Fsp3) is 0.462. The molecule has 0 spiro atoms. The molecule has 0 radical (unpaired) electrons. The third-order valence-corrected chi connectivity index (χ3v) is 2.82. The van der Waals surface area contributed by atoms with Gasteiger partial charge in [0, 0.05) is 6.54 Å². The molecule has 0 aliphatic rings. The number of halogens is 1. The van der Waals surface area contributed by atoms with Crippen molar-refractivity contribution in [2.24, 2.45) is 0 Å². The zero-order valence-electron chi connectivity index (χ0n) is 11.2. The summed E-state index contributed by atoms with van der Waals surface area (Å²) in [5.74, 6) is 0.206. The predicted octanol–water partition coefficient (Wildman–Crippen LogP) is 2.66. The summed E-state index contributed by atoms with van der Waals surface area (Å²) >= 11 is 5.96. The molecule has 1 heterocycles. The number of nitriles is 1. The second kappa shape index (κ2) is 6.94. The van der Waals surface area contributed by atoms with Crippen LogP contribution in [0.1, 0.15) is 18.1 Å². The van der Waals surface area contributed by atoms with Gasteiger partial charge < -0.3 is 9.64 Å². The lowest BCUT2D eigenvalue weighted by atomic mass is 10.1. The van der Waals surface area contributed by atoms with E-state index in [0.29, 0.717) is 25.1 Å². The normalized spacial score (nSPS) is 10.1. The Hall–Kier alpha value is -1.82. The molecular weight excluding hydrogens is 264 g/mol. The number of nitrogens with zero attached hydrogens (tertiary/aromatic N) is 4. The third kappa shape index (κ3) is 3.57. The molecule has 0 atom stereocenters. The van der Waals surface area contributed by atoms with Gasteiger partial charge in [0.25, 0.3) is 5.69 Å². The van der Waals surface area contributed by atoms with Gasteiger partial charge in [-0.3, -0.25) is 0 Å². The van der Waals surface area contributed by atoms with Crippen LogP contribution in [0.3, 0.4) is 0 Å². The second-order valence-corrected chi connectivity index (χ2v) is 4.50. The summed E-state index contributed by atoms with van der Waals surface area (Å²) in [6.07, 6.45) is 0.535. The maximum Gasteiger partial charge on any atom is 0.251 e. The zero-order valence-corrected chi connectivity index (χ0v) is 12.0. The molecule has 5 nitrogen and oxygen atoms in total. The van der Waals surface area contributed by atoms with Crippen LogP contribution in [0.2, 0.25) is 5.15 Å². The van der Waals surface area contributed by atoms with E-state index in [-0.39, 0.29) is 22.3 Å². The van der Waals surface area contributed by atoms with Gasteiger partial charge in [-0.05, 0) is 26.1 Å². The minimum atomic E-state index is 0.0894. The number of hydrogen-bond donors (Lipinski definition) is 0. The molecular formula is C13H15ClN4O. The van der Waals surface area contributed by atoms with Crippen LogP contribution in [-0.2, 0) is 6.42 Å². The van der Waals surface area contributed by atoms with Crippen LogP contribution in [0.15, 0.2) is 0 Å². The molecule has 0 fully saturated rings. The average molecular weight is 279 g/mol. The van der Waals surface area contributed by atoms with Crippen LogP contribution in [-0.4, -0.2) is 37.1 Å². The van der Waals surface area contributed by atoms with Crippen LogP contribution in [0.5, 0.6) is 5.88 Å².